The van der Waals surface area contributed by atoms with E-state index in [1.54, 1.807) is 0 Å². The second-order valence-electron chi connectivity index (χ2n) is 8.23. The van der Waals surface area contributed by atoms with E-state index >= 15 is 0 Å². The Kier molecular flexibility index (Phi) is 3.48. The minimum absolute atomic E-state index is 0.0281. The topological polar surface area (TPSA) is 34.1 Å². The van der Waals surface area contributed by atoms with Crippen molar-refractivity contribution >= 4 is 11.6 Å². The van der Waals surface area contributed by atoms with E-state index in [1.807, 2.05) is 12.1 Å². The van der Waals surface area contributed by atoms with Gasteiger partial charge in [0.1, 0.15) is 0 Å². The van der Waals surface area contributed by atoms with Crippen molar-refractivity contribution in [2.75, 3.05) is 0 Å². The van der Waals surface area contributed by atoms with Crippen LogP contribution in [-0.2, 0) is 6.42 Å². The van der Waals surface area contributed by atoms with Gasteiger partial charge in [0, 0.05) is 23.0 Å². The fraction of sp³-hybridized carbons (Fsp3) is 0.619. The predicted molar refractivity (Wildman–Crippen MR) is 90.8 cm³/mol. The summed E-state index contributed by atoms with van der Waals surface area (Å²) in [6, 6.07) is 6.02. The van der Waals surface area contributed by atoms with E-state index in [4.69, 9.17) is 0 Å². The van der Waals surface area contributed by atoms with Crippen LogP contribution in [0, 0.1) is 23.2 Å². The van der Waals surface area contributed by atoms with Crippen molar-refractivity contribution in [3.8, 4) is 0 Å². The number of fused-ring (bicyclic) bond motifs is 6. The van der Waals surface area contributed by atoms with E-state index in [0.717, 1.165) is 37.7 Å². The Labute approximate surface area is 138 Å². The van der Waals surface area contributed by atoms with Crippen LogP contribution in [0.15, 0.2) is 18.2 Å². The molecule has 4 atom stereocenters. The highest BCUT2D eigenvalue weighted by atomic mass is 16.1. The Balaban J connectivity index is 1.69. The first-order chi connectivity index (χ1) is 11.0. The van der Waals surface area contributed by atoms with E-state index in [-0.39, 0.29) is 28.8 Å². The largest absolute Gasteiger partial charge is 0.294 e. The second kappa shape index (κ2) is 5.29. The maximum absolute atomic E-state index is 13.1. The zero-order valence-corrected chi connectivity index (χ0v) is 14.2. The Bertz CT molecular complexity index is 674. The Morgan fingerprint density at radius 1 is 1.13 bits per heavy atom. The molecule has 2 heteroatoms. The summed E-state index contributed by atoms with van der Waals surface area (Å²) < 4.78 is 0. The molecule has 0 aromatic heterocycles. The van der Waals surface area contributed by atoms with E-state index in [2.05, 4.69) is 19.9 Å². The smallest absolute Gasteiger partial charge is 0.167 e. The quantitative estimate of drug-likeness (QED) is 0.745. The molecule has 2 fully saturated rings. The molecule has 3 aliphatic carbocycles. The van der Waals surface area contributed by atoms with Gasteiger partial charge in [-0.2, -0.15) is 0 Å². The number of unbranched alkanes of at least 4 members (excludes halogenated alkanes) is 2. The number of hydrogen-bond acceptors (Lipinski definition) is 2. The molecule has 2 nitrogen and oxygen atoms in total. The lowest BCUT2D eigenvalue weighted by Crippen LogP contribution is -2.43. The molecule has 1 aromatic carbocycles. The second-order valence-corrected chi connectivity index (χ2v) is 8.23. The van der Waals surface area contributed by atoms with E-state index in [0.29, 0.717) is 11.5 Å². The van der Waals surface area contributed by atoms with Crippen LogP contribution in [0.3, 0.4) is 0 Å². The minimum atomic E-state index is -0.0489. The molecule has 0 radical (unpaired) electrons. The Morgan fingerprint density at radius 3 is 2.74 bits per heavy atom. The molecule has 0 saturated heterocycles. The lowest BCUT2D eigenvalue weighted by atomic mass is 9.62. The van der Waals surface area contributed by atoms with Gasteiger partial charge in [0.2, 0.25) is 0 Å². The van der Waals surface area contributed by atoms with Gasteiger partial charge in [-0.3, -0.25) is 9.59 Å². The number of aryl methyl sites for hydroxylation is 1. The third-order valence-electron chi connectivity index (χ3n) is 6.70. The molecule has 4 rings (SSSR count). The normalized spacial score (nSPS) is 34.6. The van der Waals surface area contributed by atoms with Gasteiger partial charge < -0.3 is 0 Å². The van der Waals surface area contributed by atoms with Gasteiger partial charge in [0.15, 0.2) is 11.6 Å². The van der Waals surface area contributed by atoms with Crippen molar-refractivity contribution in [2.24, 2.45) is 23.2 Å². The van der Waals surface area contributed by atoms with Crippen LogP contribution in [0.5, 0.6) is 0 Å². The predicted octanol–water partition coefficient (Wildman–Crippen LogP) is 4.85. The standard InChI is InChI=1S/C21H26O2/c1-3-4-5-6-13-7-8-15-16(11-13)19(22)17-14-9-10-21(2,12-14)18(17)20(15)23/h7-8,11,14,17-18H,3-6,9-10,12H2,1-2H3. The van der Waals surface area contributed by atoms with Gasteiger partial charge in [0.05, 0.1) is 0 Å². The molecule has 122 valence electrons. The summed E-state index contributed by atoms with van der Waals surface area (Å²) in [4.78, 5) is 26.2. The van der Waals surface area contributed by atoms with E-state index in [1.165, 1.54) is 18.4 Å². The summed E-state index contributed by atoms with van der Waals surface area (Å²) in [6.07, 6.45) is 7.89. The highest BCUT2D eigenvalue weighted by Crippen LogP contribution is 2.63. The molecule has 4 unspecified atom stereocenters. The number of ketones is 2. The maximum Gasteiger partial charge on any atom is 0.167 e. The van der Waals surface area contributed by atoms with Crippen molar-refractivity contribution in [1.29, 1.82) is 0 Å². The third-order valence-corrected chi connectivity index (χ3v) is 6.70. The molecule has 0 N–H and O–H groups in total. The number of rotatable bonds is 4. The Hall–Kier alpha value is -1.44. The van der Waals surface area contributed by atoms with Crippen LogP contribution in [0.4, 0.5) is 0 Å². The number of benzene rings is 1. The Morgan fingerprint density at radius 2 is 1.96 bits per heavy atom. The van der Waals surface area contributed by atoms with Gasteiger partial charge >= 0.3 is 0 Å². The first-order valence-electron chi connectivity index (χ1n) is 9.26. The molecule has 0 spiro atoms. The summed E-state index contributed by atoms with van der Waals surface area (Å²) >= 11 is 0. The van der Waals surface area contributed by atoms with Crippen LogP contribution >= 0.6 is 0 Å². The van der Waals surface area contributed by atoms with Crippen molar-refractivity contribution in [3.63, 3.8) is 0 Å². The third kappa shape index (κ3) is 2.14. The fourth-order valence-corrected chi connectivity index (χ4v) is 5.55. The monoisotopic (exact) mass is 310 g/mol. The van der Waals surface area contributed by atoms with E-state index in [9.17, 15) is 9.59 Å². The SMILES string of the molecule is CCCCCc1ccc2c(c1)C(=O)C1C3CCC(C)(C3)C1C2=O. The van der Waals surface area contributed by atoms with Crippen molar-refractivity contribution in [3.05, 3.63) is 34.9 Å². The molecule has 2 saturated carbocycles. The lowest BCUT2D eigenvalue weighted by Gasteiger charge is -2.38. The van der Waals surface area contributed by atoms with Crippen molar-refractivity contribution in [1.82, 2.24) is 0 Å². The highest BCUT2D eigenvalue weighted by Gasteiger charge is 2.62. The lowest BCUT2D eigenvalue weighted by molar-refractivity contribution is 0.0572. The summed E-state index contributed by atoms with van der Waals surface area (Å²) in [5.41, 5.74) is 2.70. The van der Waals surface area contributed by atoms with Crippen LogP contribution < -0.4 is 0 Å². The zero-order chi connectivity index (χ0) is 16.2. The number of carbonyl (C=O) groups excluding carboxylic acids is 2. The molecule has 0 amide bonds. The van der Waals surface area contributed by atoms with Gasteiger partial charge in [-0.25, -0.2) is 0 Å². The first-order valence-corrected chi connectivity index (χ1v) is 9.26. The first kappa shape index (κ1) is 15.1. The van der Waals surface area contributed by atoms with Crippen LogP contribution in [0.2, 0.25) is 0 Å². The zero-order valence-electron chi connectivity index (χ0n) is 14.2. The summed E-state index contributed by atoms with van der Waals surface area (Å²) in [5.74, 6) is 0.870. The number of Topliss-reactive ketones (excluding diaryl/α,β-unsaturated/α-hetero) is 2. The molecule has 2 bridgehead atoms. The minimum Gasteiger partial charge on any atom is -0.294 e. The van der Waals surface area contributed by atoms with E-state index < -0.39 is 0 Å². The van der Waals surface area contributed by atoms with Crippen LogP contribution in [-0.4, -0.2) is 11.6 Å². The van der Waals surface area contributed by atoms with Gasteiger partial charge in [0.25, 0.3) is 0 Å². The number of carbonyl (C=O) groups is 2. The average molecular weight is 310 g/mol. The maximum atomic E-state index is 13.1. The summed E-state index contributed by atoms with van der Waals surface area (Å²) in [6.45, 7) is 4.43. The highest BCUT2D eigenvalue weighted by molar-refractivity contribution is 6.16. The molecular weight excluding hydrogens is 284 g/mol. The van der Waals surface area contributed by atoms with Gasteiger partial charge in [-0.1, -0.05) is 38.8 Å². The summed E-state index contributed by atoms with van der Waals surface area (Å²) in [5, 5.41) is 0. The van der Waals surface area contributed by atoms with Gasteiger partial charge in [-0.15, -0.1) is 0 Å². The van der Waals surface area contributed by atoms with Crippen molar-refractivity contribution in [2.45, 2.75) is 58.8 Å². The number of hydrogen-bond donors (Lipinski definition) is 0. The summed E-state index contributed by atoms with van der Waals surface area (Å²) in [7, 11) is 0. The fourth-order valence-electron chi connectivity index (χ4n) is 5.55. The van der Waals surface area contributed by atoms with Gasteiger partial charge in [-0.05, 0) is 55.1 Å². The average Bonchev–Trinajstić information content (AvgIpc) is 3.06. The molecule has 23 heavy (non-hydrogen) atoms. The molecular formula is C21H26O2. The molecule has 1 aromatic rings. The van der Waals surface area contributed by atoms with Crippen LogP contribution in [0.1, 0.15) is 78.7 Å². The molecule has 0 aliphatic heterocycles. The molecule has 3 aliphatic rings. The van der Waals surface area contributed by atoms with Crippen molar-refractivity contribution < 1.29 is 9.59 Å². The van der Waals surface area contributed by atoms with Crippen LogP contribution in [0.25, 0.3) is 0 Å². The molecule has 0 heterocycles.